The van der Waals surface area contributed by atoms with E-state index < -0.39 is 0 Å². The van der Waals surface area contributed by atoms with Gasteiger partial charge < -0.3 is 4.90 Å². The van der Waals surface area contributed by atoms with E-state index in [4.69, 9.17) is 0 Å². The van der Waals surface area contributed by atoms with E-state index in [9.17, 15) is 0 Å². The first-order chi connectivity index (χ1) is 7.19. The first-order valence-corrected chi connectivity index (χ1v) is 5.96. The van der Waals surface area contributed by atoms with Crippen molar-refractivity contribution in [3.63, 3.8) is 0 Å². The summed E-state index contributed by atoms with van der Waals surface area (Å²) in [6.45, 7) is 4.54. The molecular weight excluding hydrogens is 182 g/mol. The SMILES string of the molecule is CCCC(CC)c1ccc(N(C)C)cc1. The number of hydrogen-bond donors (Lipinski definition) is 0. The average Bonchev–Trinajstić information content (AvgIpc) is 2.26. The van der Waals surface area contributed by atoms with Crippen LogP contribution in [0.5, 0.6) is 0 Å². The smallest absolute Gasteiger partial charge is 0.0361 e. The Morgan fingerprint density at radius 2 is 1.67 bits per heavy atom. The summed E-state index contributed by atoms with van der Waals surface area (Å²) in [5, 5.41) is 0. The molecule has 0 radical (unpaired) electrons. The Morgan fingerprint density at radius 1 is 1.07 bits per heavy atom. The van der Waals surface area contributed by atoms with E-state index in [0.717, 1.165) is 5.92 Å². The van der Waals surface area contributed by atoms with Crippen LogP contribution in [0.3, 0.4) is 0 Å². The monoisotopic (exact) mass is 205 g/mol. The molecule has 0 fully saturated rings. The summed E-state index contributed by atoms with van der Waals surface area (Å²) >= 11 is 0. The molecule has 0 amide bonds. The van der Waals surface area contributed by atoms with Crippen molar-refractivity contribution in [2.45, 2.75) is 39.0 Å². The third-order valence-corrected chi connectivity index (χ3v) is 3.01. The highest BCUT2D eigenvalue weighted by Gasteiger charge is 2.07. The second-order valence-electron chi connectivity index (χ2n) is 4.38. The van der Waals surface area contributed by atoms with Crippen LogP contribution in [0.15, 0.2) is 24.3 Å². The van der Waals surface area contributed by atoms with E-state index in [-0.39, 0.29) is 0 Å². The van der Waals surface area contributed by atoms with Crippen molar-refractivity contribution in [3.05, 3.63) is 29.8 Å². The molecular formula is C14H23N. The second-order valence-corrected chi connectivity index (χ2v) is 4.38. The summed E-state index contributed by atoms with van der Waals surface area (Å²) in [6.07, 6.45) is 3.82. The van der Waals surface area contributed by atoms with Gasteiger partial charge in [-0.15, -0.1) is 0 Å². The van der Waals surface area contributed by atoms with Crippen molar-refractivity contribution >= 4 is 5.69 Å². The van der Waals surface area contributed by atoms with Crippen molar-refractivity contribution in [2.75, 3.05) is 19.0 Å². The van der Waals surface area contributed by atoms with Crippen LogP contribution in [0.25, 0.3) is 0 Å². The number of rotatable bonds is 5. The molecule has 1 atom stereocenters. The van der Waals surface area contributed by atoms with Gasteiger partial charge in [-0.2, -0.15) is 0 Å². The lowest BCUT2D eigenvalue weighted by Gasteiger charge is -2.17. The maximum atomic E-state index is 2.28. The molecule has 0 aliphatic heterocycles. The minimum atomic E-state index is 0.742. The molecule has 0 aliphatic rings. The highest BCUT2D eigenvalue weighted by Crippen LogP contribution is 2.26. The molecule has 0 saturated carbocycles. The normalized spacial score (nSPS) is 12.5. The molecule has 1 rings (SSSR count). The fraction of sp³-hybridized carbons (Fsp3) is 0.571. The molecule has 1 nitrogen and oxygen atoms in total. The summed E-state index contributed by atoms with van der Waals surface area (Å²) in [5.74, 6) is 0.742. The van der Waals surface area contributed by atoms with Gasteiger partial charge in [0.1, 0.15) is 0 Å². The maximum Gasteiger partial charge on any atom is 0.0361 e. The lowest BCUT2D eigenvalue weighted by Crippen LogP contribution is -2.08. The van der Waals surface area contributed by atoms with Gasteiger partial charge in [0.05, 0.1) is 0 Å². The molecule has 0 aliphatic carbocycles. The number of nitrogens with zero attached hydrogens (tertiary/aromatic N) is 1. The predicted molar refractivity (Wildman–Crippen MR) is 68.7 cm³/mol. The lowest BCUT2D eigenvalue weighted by molar-refractivity contribution is 0.596. The predicted octanol–water partition coefficient (Wildman–Crippen LogP) is 4.05. The van der Waals surface area contributed by atoms with Crippen molar-refractivity contribution in [3.8, 4) is 0 Å². The van der Waals surface area contributed by atoms with Gasteiger partial charge in [-0.25, -0.2) is 0 Å². The van der Waals surface area contributed by atoms with Crippen molar-refractivity contribution < 1.29 is 0 Å². The highest BCUT2D eigenvalue weighted by atomic mass is 15.1. The van der Waals surface area contributed by atoms with E-state index in [1.807, 2.05) is 0 Å². The molecule has 0 saturated heterocycles. The third kappa shape index (κ3) is 3.26. The lowest BCUT2D eigenvalue weighted by atomic mass is 9.92. The van der Waals surface area contributed by atoms with Gasteiger partial charge in [-0.3, -0.25) is 0 Å². The Hall–Kier alpha value is -0.980. The van der Waals surface area contributed by atoms with Gasteiger partial charge in [0.25, 0.3) is 0 Å². The highest BCUT2D eigenvalue weighted by molar-refractivity contribution is 5.46. The fourth-order valence-corrected chi connectivity index (χ4v) is 2.00. The summed E-state index contributed by atoms with van der Waals surface area (Å²) in [6, 6.07) is 8.99. The van der Waals surface area contributed by atoms with E-state index in [1.54, 1.807) is 0 Å². The zero-order valence-electron chi connectivity index (χ0n) is 10.5. The van der Waals surface area contributed by atoms with Crippen LogP contribution in [-0.4, -0.2) is 14.1 Å². The minimum absolute atomic E-state index is 0.742. The van der Waals surface area contributed by atoms with Crippen molar-refractivity contribution in [1.82, 2.24) is 0 Å². The van der Waals surface area contributed by atoms with Gasteiger partial charge in [-0.05, 0) is 36.5 Å². The van der Waals surface area contributed by atoms with Gasteiger partial charge in [0.2, 0.25) is 0 Å². The number of hydrogen-bond acceptors (Lipinski definition) is 1. The maximum absolute atomic E-state index is 2.28. The van der Waals surface area contributed by atoms with Gasteiger partial charge >= 0.3 is 0 Å². The van der Waals surface area contributed by atoms with E-state index in [2.05, 4.69) is 57.1 Å². The molecule has 1 aromatic rings. The minimum Gasteiger partial charge on any atom is -0.378 e. The largest absolute Gasteiger partial charge is 0.378 e. The first-order valence-electron chi connectivity index (χ1n) is 5.96. The molecule has 15 heavy (non-hydrogen) atoms. The zero-order valence-corrected chi connectivity index (χ0v) is 10.5. The first kappa shape index (κ1) is 12.1. The van der Waals surface area contributed by atoms with E-state index in [1.165, 1.54) is 30.5 Å². The Kier molecular flexibility index (Phi) is 4.67. The van der Waals surface area contributed by atoms with Crippen LogP contribution in [0.2, 0.25) is 0 Å². The Labute approximate surface area is 94.1 Å². The van der Waals surface area contributed by atoms with Crippen LogP contribution in [0, 0.1) is 0 Å². The van der Waals surface area contributed by atoms with Crippen LogP contribution >= 0.6 is 0 Å². The summed E-state index contributed by atoms with van der Waals surface area (Å²) in [5.41, 5.74) is 2.77. The van der Waals surface area contributed by atoms with E-state index in [0.29, 0.717) is 0 Å². The number of anilines is 1. The van der Waals surface area contributed by atoms with E-state index >= 15 is 0 Å². The Balaban J connectivity index is 2.77. The third-order valence-electron chi connectivity index (χ3n) is 3.01. The van der Waals surface area contributed by atoms with Crippen LogP contribution < -0.4 is 4.90 Å². The van der Waals surface area contributed by atoms with Gasteiger partial charge in [0, 0.05) is 19.8 Å². The fourth-order valence-electron chi connectivity index (χ4n) is 2.00. The standard InChI is InChI=1S/C14H23N/c1-5-7-12(6-2)13-8-10-14(11-9-13)15(3)4/h8-12H,5-7H2,1-4H3. The molecule has 1 aromatic carbocycles. The summed E-state index contributed by atoms with van der Waals surface area (Å²) < 4.78 is 0. The van der Waals surface area contributed by atoms with Gasteiger partial charge in [-0.1, -0.05) is 32.4 Å². The molecule has 84 valence electrons. The summed E-state index contributed by atoms with van der Waals surface area (Å²) in [7, 11) is 4.16. The van der Waals surface area contributed by atoms with Crippen LogP contribution in [0.1, 0.15) is 44.6 Å². The summed E-state index contributed by atoms with van der Waals surface area (Å²) in [4.78, 5) is 2.14. The average molecular weight is 205 g/mol. The van der Waals surface area contributed by atoms with Crippen molar-refractivity contribution in [2.24, 2.45) is 0 Å². The van der Waals surface area contributed by atoms with Crippen molar-refractivity contribution in [1.29, 1.82) is 0 Å². The molecule has 0 aromatic heterocycles. The van der Waals surface area contributed by atoms with Crippen LogP contribution in [-0.2, 0) is 0 Å². The number of benzene rings is 1. The molecule has 1 heteroatoms. The van der Waals surface area contributed by atoms with Gasteiger partial charge in [0.15, 0.2) is 0 Å². The molecule has 0 bridgehead atoms. The topological polar surface area (TPSA) is 3.24 Å². The van der Waals surface area contributed by atoms with Crippen LogP contribution in [0.4, 0.5) is 5.69 Å². The quantitative estimate of drug-likeness (QED) is 0.701. The molecule has 0 heterocycles. The second kappa shape index (κ2) is 5.79. The Morgan fingerprint density at radius 3 is 2.07 bits per heavy atom. The molecule has 0 N–H and O–H groups in total. The Bertz CT molecular complexity index is 274. The zero-order chi connectivity index (χ0) is 11.3. The molecule has 1 unspecified atom stereocenters. The molecule has 0 spiro atoms.